The number of piperidine rings is 1. The van der Waals surface area contributed by atoms with E-state index in [0.29, 0.717) is 12.5 Å². The summed E-state index contributed by atoms with van der Waals surface area (Å²) < 4.78 is 11.3. The molecule has 1 atom stereocenters. The monoisotopic (exact) mass is 462 g/mol. The predicted molar refractivity (Wildman–Crippen MR) is 125 cm³/mol. The Morgan fingerprint density at radius 3 is 2.30 bits per heavy atom. The quantitative estimate of drug-likeness (QED) is 0.509. The number of carboxylic acid groups (broad SMARTS) is 1. The van der Waals surface area contributed by atoms with Gasteiger partial charge < -0.3 is 24.8 Å². The molecule has 1 fully saturated rings. The van der Waals surface area contributed by atoms with Crippen LogP contribution in [0.1, 0.15) is 65.4 Å². The topological polar surface area (TPSA) is 105 Å². The lowest BCUT2D eigenvalue weighted by Crippen LogP contribution is -2.41. The molecule has 0 aliphatic carbocycles. The van der Waals surface area contributed by atoms with Gasteiger partial charge in [0.25, 0.3) is 0 Å². The summed E-state index contributed by atoms with van der Waals surface area (Å²) in [5.41, 5.74) is 0.364. The van der Waals surface area contributed by atoms with E-state index in [1.54, 1.807) is 0 Å². The number of hydrogen-bond donors (Lipinski definition) is 2. The number of aliphatic carboxylic acids is 1. The molecule has 1 aliphatic heterocycles. The summed E-state index contributed by atoms with van der Waals surface area (Å²) >= 11 is 0. The second kappa shape index (κ2) is 12.5. The van der Waals surface area contributed by atoms with Crippen molar-refractivity contribution >= 4 is 18.0 Å². The van der Waals surface area contributed by atoms with E-state index in [1.807, 2.05) is 49.9 Å². The van der Waals surface area contributed by atoms with Crippen LogP contribution in [0.5, 0.6) is 5.75 Å². The number of carboxylic acids is 1. The van der Waals surface area contributed by atoms with Gasteiger partial charge in [-0.15, -0.1) is 0 Å². The van der Waals surface area contributed by atoms with Crippen molar-refractivity contribution in [1.82, 2.24) is 10.2 Å². The Morgan fingerprint density at radius 1 is 1.12 bits per heavy atom. The number of amides is 2. The van der Waals surface area contributed by atoms with Crippen LogP contribution in [0, 0.1) is 5.92 Å². The highest BCUT2D eigenvalue weighted by atomic mass is 16.6. The Labute approximate surface area is 196 Å². The predicted octanol–water partition coefficient (Wildman–Crippen LogP) is 4.01. The summed E-state index contributed by atoms with van der Waals surface area (Å²) in [6.07, 6.45) is 5.19. The van der Waals surface area contributed by atoms with Crippen LogP contribution in [-0.2, 0) is 20.7 Å². The first kappa shape index (κ1) is 26.5. The molecule has 1 heterocycles. The molecule has 1 aromatic carbocycles. The van der Waals surface area contributed by atoms with Crippen LogP contribution in [0.2, 0.25) is 0 Å². The Bertz CT molecular complexity index is 779. The number of likely N-dealkylation sites (tertiary alicyclic amines) is 1. The molecule has 2 rings (SSSR count). The van der Waals surface area contributed by atoms with E-state index < -0.39 is 17.6 Å². The highest BCUT2D eigenvalue weighted by molar-refractivity contribution is 5.82. The molecule has 33 heavy (non-hydrogen) atoms. The first-order chi connectivity index (χ1) is 15.5. The molecule has 0 bridgehead atoms. The van der Waals surface area contributed by atoms with Gasteiger partial charge in [-0.2, -0.15) is 0 Å². The second-order valence-corrected chi connectivity index (χ2v) is 9.69. The molecular formula is C25H38N2O6. The maximum absolute atomic E-state index is 12.1. The van der Waals surface area contributed by atoms with Crippen molar-refractivity contribution in [2.75, 3.05) is 19.7 Å². The van der Waals surface area contributed by atoms with Crippen LogP contribution in [-0.4, -0.2) is 59.3 Å². The third-order valence-corrected chi connectivity index (χ3v) is 5.58. The molecule has 2 amide bonds. The van der Waals surface area contributed by atoms with Gasteiger partial charge in [0.15, 0.2) is 0 Å². The smallest absolute Gasteiger partial charge is 0.410 e. The van der Waals surface area contributed by atoms with Crippen molar-refractivity contribution in [3.63, 3.8) is 0 Å². The van der Waals surface area contributed by atoms with Crippen LogP contribution in [0.25, 0.3) is 0 Å². The average molecular weight is 463 g/mol. The van der Waals surface area contributed by atoms with Gasteiger partial charge in [0, 0.05) is 26.4 Å². The van der Waals surface area contributed by atoms with Crippen molar-refractivity contribution in [1.29, 1.82) is 0 Å². The molecule has 0 unspecified atom stereocenters. The summed E-state index contributed by atoms with van der Waals surface area (Å²) in [4.78, 5) is 36.4. The van der Waals surface area contributed by atoms with Gasteiger partial charge in [0.05, 0.1) is 6.61 Å². The molecule has 8 heteroatoms. The third kappa shape index (κ3) is 10.1. The maximum Gasteiger partial charge on any atom is 0.410 e. The summed E-state index contributed by atoms with van der Waals surface area (Å²) in [5.74, 6) is -0.0402. The van der Waals surface area contributed by atoms with Crippen LogP contribution in [0.4, 0.5) is 4.79 Å². The minimum atomic E-state index is -1.05. The number of unbranched alkanes of at least 4 members (excludes halogenated alkanes) is 1. The summed E-state index contributed by atoms with van der Waals surface area (Å²) in [7, 11) is 0. The normalized spacial score (nSPS) is 15.6. The van der Waals surface area contributed by atoms with E-state index >= 15 is 0 Å². The lowest BCUT2D eigenvalue weighted by molar-refractivity contribution is -0.141. The lowest BCUT2D eigenvalue weighted by atomic mass is 9.92. The average Bonchev–Trinajstić information content (AvgIpc) is 2.73. The standard InChI is InChI=1S/C25H38N2O6/c1-18(28)26-22(23(29)30)17-20-8-10-21(11-9-20)32-16-6-5-7-19-12-14-27(15-13-19)24(31)33-25(2,3)4/h8-11,19,22H,5-7,12-17H2,1-4H3,(H,26,28)(H,29,30)/t22-/m0/s1. The molecule has 0 radical (unpaired) electrons. The van der Waals surface area contributed by atoms with E-state index in [2.05, 4.69) is 5.32 Å². The lowest BCUT2D eigenvalue weighted by Gasteiger charge is -2.33. The second-order valence-electron chi connectivity index (χ2n) is 9.69. The Morgan fingerprint density at radius 2 is 1.76 bits per heavy atom. The van der Waals surface area contributed by atoms with Crippen LogP contribution in [0.15, 0.2) is 24.3 Å². The number of nitrogens with zero attached hydrogens (tertiary/aromatic N) is 1. The number of carbonyl (C=O) groups is 3. The molecule has 1 aliphatic rings. The Kier molecular flexibility index (Phi) is 10.0. The zero-order chi connectivity index (χ0) is 24.4. The zero-order valence-electron chi connectivity index (χ0n) is 20.3. The zero-order valence-corrected chi connectivity index (χ0v) is 20.3. The molecule has 8 nitrogen and oxygen atoms in total. The number of carbonyl (C=O) groups excluding carboxylic acids is 2. The summed E-state index contributed by atoms with van der Waals surface area (Å²) in [6, 6.07) is 6.37. The number of nitrogens with one attached hydrogen (secondary N) is 1. The highest BCUT2D eigenvalue weighted by Crippen LogP contribution is 2.24. The third-order valence-electron chi connectivity index (χ3n) is 5.58. The van der Waals surface area contributed by atoms with Crippen molar-refractivity contribution in [3.05, 3.63) is 29.8 Å². The van der Waals surface area contributed by atoms with Crippen LogP contribution < -0.4 is 10.1 Å². The molecule has 0 aromatic heterocycles. The number of rotatable bonds is 10. The van der Waals surface area contributed by atoms with E-state index in [9.17, 15) is 19.5 Å². The van der Waals surface area contributed by atoms with E-state index in [0.717, 1.165) is 56.5 Å². The van der Waals surface area contributed by atoms with E-state index in [1.165, 1.54) is 6.92 Å². The maximum atomic E-state index is 12.1. The van der Waals surface area contributed by atoms with Crippen molar-refractivity contribution in [3.8, 4) is 5.75 Å². The van der Waals surface area contributed by atoms with Gasteiger partial charge in [-0.25, -0.2) is 9.59 Å². The van der Waals surface area contributed by atoms with Gasteiger partial charge >= 0.3 is 12.1 Å². The minimum absolute atomic E-state index is 0.214. The summed E-state index contributed by atoms with van der Waals surface area (Å²) in [5, 5.41) is 11.7. The number of hydrogen-bond acceptors (Lipinski definition) is 5. The van der Waals surface area contributed by atoms with Crippen LogP contribution in [0.3, 0.4) is 0 Å². The first-order valence-electron chi connectivity index (χ1n) is 11.7. The van der Waals surface area contributed by atoms with Crippen LogP contribution >= 0.6 is 0 Å². The molecule has 1 aromatic rings. The number of ether oxygens (including phenoxy) is 2. The van der Waals surface area contributed by atoms with Crippen molar-refractivity contribution in [2.45, 2.75) is 77.9 Å². The summed E-state index contributed by atoms with van der Waals surface area (Å²) in [6.45, 7) is 9.10. The fourth-order valence-electron chi connectivity index (χ4n) is 3.86. The van der Waals surface area contributed by atoms with Gasteiger partial charge in [0.1, 0.15) is 17.4 Å². The van der Waals surface area contributed by atoms with Crippen molar-refractivity contribution < 1.29 is 29.0 Å². The molecule has 184 valence electrons. The fraction of sp³-hybridized carbons (Fsp3) is 0.640. The van der Waals surface area contributed by atoms with E-state index in [-0.39, 0.29) is 18.4 Å². The Hall–Kier alpha value is -2.77. The SMILES string of the molecule is CC(=O)N[C@@H](Cc1ccc(OCCCCC2CCN(C(=O)OC(C)(C)C)CC2)cc1)C(=O)O. The highest BCUT2D eigenvalue weighted by Gasteiger charge is 2.26. The fourth-order valence-corrected chi connectivity index (χ4v) is 3.86. The molecule has 0 saturated carbocycles. The Balaban J connectivity index is 1.62. The molecular weight excluding hydrogens is 424 g/mol. The molecule has 1 saturated heterocycles. The number of benzene rings is 1. The van der Waals surface area contributed by atoms with Gasteiger partial charge in [-0.1, -0.05) is 18.6 Å². The molecule has 0 spiro atoms. The van der Waals surface area contributed by atoms with Gasteiger partial charge in [0.2, 0.25) is 5.91 Å². The largest absolute Gasteiger partial charge is 0.494 e. The van der Waals surface area contributed by atoms with Gasteiger partial charge in [-0.3, -0.25) is 4.79 Å². The molecule has 2 N–H and O–H groups in total. The first-order valence-corrected chi connectivity index (χ1v) is 11.7. The van der Waals surface area contributed by atoms with Crippen molar-refractivity contribution in [2.24, 2.45) is 5.92 Å². The minimum Gasteiger partial charge on any atom is -0.494 e. The van der Waals surface area contributed by atoms with E-state index in [4.69, 9.17) is 9.47 Å². The van der Waals surface area contributed by atoms with Gasteiger partial charge in [-0.05, 0) is 70.1 Å².